The van der Waals surface area contributed by atoms with Crippen molar-refractivity contribution < 1.29 is 18.3 Å². The van der Waals surface area contributed by atoms with Gasteiger partial charge in [0.15, 0.2) is 17.5 Å². The molecule has 3 N–H and O–H groups in total. The molecule has 1 saturated carbocycles. The van der Waals surface area contributed by atoms with Gasteiger partial charge < -0.3 is 20.5 Å². The van der Waals surface area contributed by atoms with Gasteiger partial charge >= 0.3 is 6.61 Å². The first-order valence-electron chi connectivity index (χ1n) is 8.35. The number of aliphatic imine (C=N–C) groups is 1. The Bertz CT molecular complexity index is 547. The number of ether oxygens (including phenoxy) is 2. The lowest BCUT2D eigenvalue weighted by atomic mass is 9.96. The number of halogens is 2. The molecular weight excluding hydrogens is 316 g/mol. The van der Waals surface area contributed by atoms with Crippen LogP contribution in [0.1, 0.15) is 44.6 Å². The van der Waals surface area contributed by atoms with Crippen LogP contribution < -0.4 is 20.5 Å². The zero-order chi connectivity index (χ0) is 17.4. The van der Waals surface area contributed by atoms with Crippen molar-refractivity contribution >= 4 is 5.96 Å². The van der Waals surface area contributed by atoms with E-state index in [-0.39, 0.29) is 11.5 Å². The predicted molar refractivity (Wildman–Crippen MR) is 89.6 cm³/mol. The molecule has 1 aromatic carbocycles. The lowest BCUT2D eigenvalue weighted by Gasteiger charge is -2.23. The fourth-order valence-electron chi connectivity index (χ4n) is 2.79. The maximum Gasteiger partial charge on any atom is 0.387 e. The third-order valence-electron chi connectivity index (χ3n) is 3.91. The van der Waals surface area contributed by atoms with E-state index in [1.54, 1.807) is 19.1 Å². The van der Waals surface area contributed by atoms with Crippen molar-refractivity contribution in [1.29, 1.82) is 0 Å². The summed E-state index contributed by atoms with van der Waals surface area (Å²) in [6.45, 7) is -0.398. The van der Waals surface area contributed by atoms with Crippen LogP contribution in [0.4, 0.5) is 8.78 Å². The zero-order valence-electron chi connectivity index (χ0n) is 13.9. The van der Waals surface area contributed by atoms with Crippen molar-refractivity contribution in [3.63, 3.8) is 0 Å². The first kappa shape index (κ1) is 18.3. The van der Waals surface area contributed by atoms with Crippen LogP contribution in [-0.4, -0.2) is 25.2 Å². The molecule has 0 aromatic heterocycles. The van der Waals surface area contributed by atoms with Crippen molar-refractivity contribution in [3.8, 4) is 11.5 Å². The Morgan fingerprint density at radius 3 is 2.71 bits per heavy atom. The van der Waals surface area contributed by atoms with Gasteiger partial charge in [-0.1, -0.05) is 25.3 Å². The van der Waals surface area contributed by atoms with Gasteiger partial charge in [0, 0.05) is 6.04 Å². The minimum absolute atomic E-state index is 0.0212. The number of nitrogens with two attached hydrogens (primary N) is 1. The molecule has 1 fully saturated rings. The molecule has 7 heteroatoms. The second-order valence-corrected chi connectivity index (χ2v) is 5.77. The second-order valence-electron chi connectivity index (χ2n) is 5.77. The van der Waals surface area contributed by atoms with Crippen molar-refractivity contribution in [3.05, 3.63) is 23.8 Å². The van der Waals surface area contributed by atoms with E-state index in [1.165, 1.54) is 25.3 Å². The Kier molecular flexibility index (Phi) is 7.08. The minimum atomic E-state index is -2.89. The van der Waals surface area contributed by atoms with E-state index in [1.807, 2.05) is 0 Å². The van der Waals surface area contributed by atoms with Gasteiger partial charge in [-0.3, -0.25) is 0 Å². The first-order valence-corrected chi connectivity index (χ1v) is 8.35. The van der Waals surface area contributed by atoms with E-state index < -0.39 is 6.61 Å². The van der Waals surface area contributed by atoms with Gasteiger partial charge in [-0.2, -0.15) is 8.78 Å². The van der Waals surface area contributed by atoms with Crippen LogP contribution in [0.3, 0.4) is 0 Å². The second kappa shape index (κ2) is 9.30. The van der Waals surface area contributed by atoms with Gasteiger partial charge in [0.05, 0.1) is 13.2 Å². The number of hydrogen-bond acceptors (Lipinski definition) is 3. The van der Waals surface area contributed by atoms with Crippen LogP contribution >= 0.6 is 0 Å². The summed E-state index contributed by atoms with van der Waals surface area (Å²) in [6, 6.07) is 5.19. The molecule has 0 heterocycles. The molecule has 0 spiro atoms. The number of guanidine groups is 1. The third kappa shape index (κ3) is 5.86. The molecule has 0 atom stereocenters. The Morgan fingerprint density at radius 2 is 2.04 bits per heavy atom. The van der Waals surface area contributed by atoms with Gasteiger partial charge in [0.2, 0.25) is 0 Å². The molecule has 0 aliphatic heterocycles. The molecule has 0 bridgehead atoms. The molecule has 1 aliphatic rings. The molecule has 1 aromatic rings. The monoisotopic (exact) mass is 341 g/mol. The summed E-state index contributed by atoms with van der Waals surface area (Å²) in [5.41, 5.74) is 6.74. The van der Waals surface area contributed by atoms with Crippen molar-refractivity contribution in [2.24, 2.45) is 10.7 Å². The van der Waals surface area contributed by atoms with Gasteiger partial charge in [0.25, 0.3) is 0 Å². The molecular formula is C17H25F2N3O2. The fraction of sp³-hybridized carbons (Fsp3) is 0.588. The quantitative estimate of drug-likeness (QED) is 0.589. The lowest BCUT2D eigenvalue weighted by molar-refractivity contribution is -0.0514. The molecule has 5 nitrogen and oxygen atoms in total. The number of rotatable bonds is 7. The van der Waals surface area contributed by atoms with E-state index in [2.05, 4.69) is 15.0 Å². The van der Waals surface area contributed by atoms with Gasteiger partial charge in [-0.15, -0.1) is 0 Å². The Labute approximate surface area is 141 Å². The van der Waals surface area contributed by atoms with Crippen molar-refractivity contribution in [2.45, 2.75) is 58.2 Å². The predicted octanol–water partition coefficient (Wildman–Crippen LogP) is 3.42. The summed E-state index contributed by atoms with van der Waals surface area (Å²) in [7, 11) is 0. The normalized spacial score (nSPS) is 16.2. The van der Waals surface area contributed by atoms with Crippen LogP contribution in [-0.2, 0) is 6.54 Å². The summed E-state index contributed by atoms with van der Waals surface area (Å²) in [6.07, 6.45) is 5.94. The molecule has 134 valence electrons. The number of nitrogens with zero attached hydrogens (tertiary/aromatic N) is 1. The highest BCUT2D eigenvalue weighted by atomic mass is 19.3. The highest BCUT2D eigenvalue weighted by Crippen LogP contribution is 2.30. The van der Waals surface area contributed by atoms with Gasteiger partial charge in [-0.25, -0.2) is 4.99 Å². The van der Waals surface area contributed by atoms with Crippen LogP contribution in [0, 0.1) is 0 Å². The van der Waals surface area contributed by atoms with Crippen LogP contribution in [0.2, 0.25) is 0 Å². The maximum atomic E-state index is 12.4. The SMILES string of the molecule is CCOc1cc(CN=C(N)NC2CCCCC2)ccc1OC(F)F. The minimum Gasteiger partial charge on any atom is -0.490 e. The van der Waals surface area contributed by atoms with E-state index in [9.17, 15) is 8.78 Å². The lowest BCUT2D eigenvalue weighted by Crippen LogP contribution is -2.41. The van der Waals surface area contributed by atoms with Crippen LogP contribution in [0.5, 0.6) is 11.5 Å². The van der Waals surface area contributed by atoms with E-state index in [0.717, 1.165) is 18.4 Å². The largest absolute Gasteiger partial charge is 0.490 e. The zero-order valence-corrected chi connectivity index (χ0v) is 13.9. The molecule has 0 amide bonds. The molecule has 1 aliphatic carbocycles. The third-order valence-corrected chi connectivity index (χ3v) is 3.91. The molecule has 2 rings (SSSR count). The summed E-state index contributed by atoms with van der Waals surface area (Å²) < 4.78 is 34.6. The number of nitrogens with one attached hydrogen (secondary N) is 1. The van der Waals surface area contributed by atoms with Crippen molar-refractivity contribution in [2.75, 3.05) is 6.61 Å². The fourth-order valence-corrected chi connectivity index (χ4v) is 2.79. The van der Waals surface area contributed by atoms with Gasteiger partial charge in [-0.05, 0) is 37.5 Å². The molecule has 0 unspecified atom stereocenters. The topological polar surface area (TPSA) is 68.9 Å². The first-order chi connectivity index (χ1) is 11.6. The van der Waals surface area contributed by atoms with Crippen molar-refractivity contribution in [1.82, 2.24) is 5.32 Å². The van der Waals surface area contributed by atoms with Crippen LogP contribution in [0.15, 0.2) is 23.2 Å². The van der Waals surface area contributed by atoms with Crippen LogP contribution in [0.25, 0.3) is 0 Å². The molecule has 0 saturated heterocycles. The summed E-state index contributed by atoms with van der Waals surface area (Å²) >= 11 is 0. The highest BCUT2D eigenvalue weighted by Gasteiger charge is 2.14. The highest BCUT2D eigenvalue weighted by molar-refractivity contribution is 5.78. The average molecular weight is 341 g/mol. The summed E-state index contributed by atoms with van der Waals surface area (Å²) in [5.74, 6) is 0.713. The summed E-state index contributed by atoms with van der Waals surface area (Å²) in [5, 5.41) is 3.24. The van der Waals surface area contributed by atoms with Gasteiger partial charge in [0.1, 0.15) is 0 Å². The number of alkyl halides is 2. The van der Waals surface area contributed by atoms with E-state index >= 15 is 0 Å². The Morgan fingerprint density at radius 1 is 1.29 bits per heavy atom. The number of hydrogen-bond donors (Lipinski definition) is 2. The smallest absolute Gasteiger partial charge is 0.387 e. The number of benzene rings is 1. The van der Waals surface area contributed by atoms with E-state index in [4.69, 9.17) is 10.5 Å². The maximum absolute atomic E-state index is 12.4. The molecule has 24 heavy (non-hydrogen) atoms. The average Bonchev–Trinajstić information content (AvgIpc) is 2.56. The Hall–Kier alpha value is -2.05. The molecule has 0 radical (unpaired) electrons. The summed E-state index contributed by atoms with van der Waals surface area (Å²) in [4.78, 5) is 4.32. The van der Waals surface area contributed by atoms with E-state index in [0.29, 0.717) is 25.2 Å². The Balaban J connectivity index is 1.97. The standard InChI is InChI=1S/C17H25F2N3O2/c1-2-23-15-10-12(8-9-14(15)24-16(18)19)11-21-17(20)22-13-6-4-3-5-7-13/h8-10,13,16H,2-7,11H2,1H3,(H3,20,21,22).